The van der Waals surface area contributed by atoms with Crippen molar-refractivity contribution in [3.05, 3.63) is 0 Å². The monoisotopic (exact) mass is 327 g/mol. The molecule has 0 unspecified atom stereocenters. The van der Waals surface area contributed by atoms with Gasteiger partial charge >= 0.3 is 0 Å². The normalized spacial score (nSPS) is 31.9. The first-order chi connectivity index (χ1) is 9.07. The van der Waals surface area contributed by atoms with Crippen molar-refractivity contribution in [2.45, 2.75) is 0 Å². The summed E-state index contributed by atoms with van der Waals surface area (Å²) in [6.45, 7) is 1.69. The maximum atomic E-state index is 12.2. The van der Waals surface area contributed by atoms with Crippen molar-refractivity contribution in [2.75, 3.05) is 53.2 Å². The zero-order valence-corrected chi connectivity index (χ0v) is 13.5. The Balaban J connectivity index is 2.17. The molecule has 2 saturated heterocycles. The molecule has 2 rings (SSSR count). The molecule has 10 heteroatoms. The molecule has 0 radical (unpaired) electrons. The maximum absolute atomic E-state index is 12.2. The molecular weight excluding hydrogens is 306 g/mol. The molecule has 118 valence electrons. The average molecular weight is 327 g/mol. The number of ether oxygens (including phenoxy) is 1. The van der Waals surface area contributed by atoms with Gasteiger partial charge in [-0.3, -0.25) is 0 Å². The second kappa shape index (κ2) is 5.18. The molecule has 0 saturated carbocycles. The third-order valence-electron chi connectivity index (χ3n) is 3.96. The second-order valence-corrected chi connectivity index (χ2v) is 9.73. The van der Waals surface area contributed by atoms with Crippen LogP contribution in [0.4, 0.5) is 0 Å². The summed E-state index contributed by atoms with van der Waals surface area (Å²) in [6, 6.07) is 0. The molecule has 0 bridgehead atoms. The van der Waals surface area contributed by atoms with Gasteiger partial charge in [-0.25, -0.2) is 13.1 Å². The van der Waals surface area contributed by atoms with Gasteiger partial charge in [0, 0.05) is 45.1 Å². The fourth-order valence-electron chi connectivity index (χ4n) is 2.71. The van der Waals surface area contributed by atoms with E-state index in [1.165, 1.54) is 22.7 Å². The lowest BCUT2D eigenvalue weighted by molar-refractivity contribution is 0.143. The predicted octanol–water partition coefficient (Wildman–Crippen LogP) is -1.71. The van der Waals surface area contributed by atoms with Crippen LogP contribution in [0.3, 0.4) is 0 Å². The number of sulfonamides is 1. The number of hydrogen-bond donors (Lipinski definition) is 1. The number of nitrogens with zero attached hydrogens (tertiary/aromatic N) is 2. The maximum Gasteiger partial charge on any atom is 0.281 e. The van der Waals surface area contributed by atoms with E-state index in [0.29, 0.717) is 19.8 Å². The minimum atomic E-state index is -3.48. The molecule has 20 heavy (non-hydrogen) atoms. The van der Waals surface area contributed by atoms with E-state index in [1.807, 2.05) is 0 Å². The average Bonchev–Trinajstić information content (AvgIpc) is 2.81. The van der Waals surface area contributed by atoms with Gasteiger partial charge in [0.05, 0.1) is 19.5 Å². The van der Waals surface area contributed by atoms with E-state index in [1.54, 1.807) is 0 Å². The quantitative estimate of drug-likeness (QED) is 0.649. The summed E-state index contributed by atoms with van der Waals surface area (Å²) in [5.74, 6) is 0.0199. The van der Waals surface area contributed by atoms with Gasteiger partial charge in [-0.05, 0) is 0 Å². The van der Waals surface area contributed by atoms with Crippen LogP contribution in [-0.2, 0) is 25.0 Å². The first-order valence-corrected chi connectivity index (χ1v) is 9.56. The minimum absolute atomic E-state index is 0.0199. The van der Waals surface area contributed by atoms with Gasteiger partial charge in [0.25, 0.3) is 10.2 Å². The highest BCUT2D eigenvalue weighted by Gasteiger charge is 2.53. The zero-order chi connectivity index (χ0) is 15.2. The van der Waals surface area contributed by atoms with Gasteiger partial charge in [0.15, 0.2) is 0 Å². The van der Waals surface area contributed by atoms with Crippen LogP contribution in [0.25, 0.3) is 0 Å². The van der Waals surface area contributed by atoms with Gasteiger partial charge < -0.3 is 4.74 Å². The van der Waals surface area contributed by atoms with E-state index >= 15 is 0 Å². The number of fused-ring (bicyclic) bond motifs is 1. The molecule has 2 atom stereocenters. The Morgan fingerprint density at radius 3 is 2.55 bits per heavy atom. The first kappa shape index (κ1) is 16.1. The molecule has 0 aromatic rings. The minimum Gasteiger partial charge on any atom is -0.380 e. The Morgan fingerprint density at radius 2 is 2.00 bits per heavy atom. The Morgan fingerprint density at radius 1 is 1.35 bits per heavy atom. The van der Waals surface area contributed by atoms with Crippen molar-refractivity contribution in [1.29, 1.82) is 0 Å². The number of hydrogen-bond acceptors (Lipinski definition) is 5. The van der Waals surface area contributed by atoms with Gasteiger partial charge in [0.2, 0.25) is 10.0 Å². The molecule has 0 spiro atoms. The second-order valence-electron chi connectivity index (χ2n) is 5.75. The summed E-state index contributed by atoms with van der Waals surface area (Å²) in [5.41, 5.74) is -0.466. The highest BCUT2D eigenvalue weighted by atomic mass is 32.2. The third-order valence-corrected chi connectivity index (χ3v) is 6.49. The molecular formula is C10H21N3O5S2. The molecule has 0 aromatic heterocycles. The van der Waals surface area contributed by atoms with Crippen LogP contribution < -0.4 is 4.72 Å². The SMILES string of the molecule is CN(C)S(=O)(=O)N1C[C@H]2COC[C@@]2(CNS(C)(=O)=O)C1. The lowest BCUT2D eigenvalue weighted by Crippen LogP contribution is -2.44. The van der Waals surface area contributed by atoms with Crippen molar-refractivity contribution in [3.63, 3.8) is 0 Å². The van der Waals surface area contributed by atoms with Gasteiger partial charge in [-0.15, -0.1) is 0 Å². The molecule has 2 heterocycles. The Hall–Kier alpha value is -0.260. The van der Waals surface area contributed by atoms with Gasteiger partial charge in [0.1, 0.15) is 0 Å². The Kier molecular flexibility index (Phi) is 4.17. The fraction of sp³-hybridized carbons (Fsp3) is 1.00. The van der Waals surface area contributed by atoms with Crippen LogP contribution in [-0.4, -0.2) is 78.6 Å². The van der Waals surface area contributed by atoms with Crippen LogP contribution in [0.5, 0.6) is 0 Å². The van der Waals surface area contributed by atoms with Crippen molar-refractivity contribution in [2.24, 2.45) is 11.3 Å². The zero-order valence-electron chi connectivity index (χ0n) is 11.9. The van der Waals surface area contributed by atoms with E-state index < -0.39 is 25.6 Å². The molecule has 0 amide bonds. The highest BCUT2D eigenvalue weighted by molar-refractivity contribution is 7.88. The third kappa shape index (κ3) is 3.00. The van der Waals surface area contributed by atoms with Crippen LogP contribution in [0.2, 0.25) is 0 Å². The first-order valence-electron chi connectivity index (χ1n) is 6.27. The molecule has 0 aliphatic carbocycles. The standard InChI is InChI=1S/C10H21N3O5S2/c1-12(2)20(16,17)13-4-9-5-18-8-10(9,7-13)6-11-19(3,14)15/h9,11H,4-8H2,1-3H3/t9-,10+/m0/s1. The molecule has 2 fully saturated rings. The van der Waals surface area contributed by atoms with Crippen molar-refractivity contribution >= 4 is 20.2 Å². The van der Waals surface area contributed by atoms with Crippen LogP contribution in [0, 0.1) is 11.3 Å². The smallest absolute Gasteiger partial charge is 0.281 e. The summed E-state index contributed by atoms with van der Waals surface area (Å²) in [5, 5.41) is 0. The predicted molar refractivity (Wildman–Crippen MR) is 73.8 cm³/mol. The molecule has 0 aromatic carbocycles. The topological polar surface area (TPSA) is 96.0 Å². The lowest BCUT2D eigenvalue weighted by Gasteiger charge is -2.27. The largest absolute Gasteiger partial charge is 0.380 e. The van der Waals surface area contributed by atoms with Crippen LogP contribution >= 0.6 is 0 Å². The molecule has 8 nitrogen and oxygen atoms in total. The van der Waals surface area contributed by atoms with Gasteiger partial charge in [-0.2, -0.15) is 17.0 Å². The Bertz CT molecular complexity index is 574. The summed E-state index contributed by atoms with van der Waals surface area (Å²) in [4.78, 5) is 0. The number of nitrogens with one attached hydrogen (secondary N) is 1. The fourth-order valence-corrected chi connectivity index (χ4v) is 4.51. The molecule has 2 aliphatic rings. The van der Waals surface area contributed by atoms with Gasteiger partial charge in [-0.1, -0.05) is 0 Å². The van der Waals surface area contributed by atoms with E-state index in [0.717, 1.165) is 6.26 Å². The van der Waals surface area contributed by atoms with Crippen molar-refractivity contribution in [1.82, 2.24) is 13.3 Å². The molecule has 2 aliphatic heterocycles. The summed E-state index contributed by atoms with van der Waals surface area (Å²) in [7, 11) is -3.81. The Labute approximate surface area is 120 Å². The summed E-state index contributed by atoms with van der Waals surface area (Å²) >= 11 is 0. The lowest BCUT2D eigenvalue weighted by atomic mass is 9.81. The van der Waals surface area contributed by atoms with Crippen molar-refractivity contribution in [3.8, 4) is 0 Å². The van der Waals surface area contributed by atoms with Crippen LogP contribution in [0.15, 0.2) is 0 Å². The van der Waals surface area contributed by atoms with E-state index in [2.05, 4.69) is 4.72 Å². The van der Waals surface area contributed by atoms with E-state index in [4.69, 9.17) is 4.74 Å². The summed E-state index contributed by atoms with van der Waals surface area (Å²) < 4.78 is 57.4. The van der Waals surface area contributed by atoms with E-state index in [-0.39, 0.29) is 19.0 Å². The molecule has 1 N–H and O–H groups in total. The highest BCUT2D eigenvalue weighted by Crippen LogP contribution is 2.42. The van der Waals surface area contributed by atoms with E-state index in [9.17, 15) is 16.8 Å². The van der Waals surface area contributed by atoms with Crippen molar-refractivity contribution < 1.29 is 21.6 Å². The number of rotatable bonds is 5. The summed E-state index contributed by atoms with van der Waals surface area (Å²) in [6.07, 6.45) is 1.09. The van der Waals surface area contributed by atoms with Crippen LogP contribution in [0.1, 0.15) is 0 Å².